The minimum absolute atomic E-state index is 0.0691. The molecule has 6 heteroatoms. The van der Waals surface area contributed by atoms with Crippen LogP contribution in [-0.2, 0) is 0 Å². The smallest absolute Gasteiger partial charge is 0.351 e. The second-order valence-electron chi connectivity index (χ2n) is 2.55. The second-order valence-corrected chi connectivity index (χ2v) is 3.05. The Labute approximate surface area is 84.3 Å². The standard InChI is InChI=1S/C8H8ClF2NO2/c1-14-7-5(3-2-4-12-7)6(13)8(9,10)11/h2-4,6,13H,1H3. The number of hydrogen-bond acceptors (Lipinski definition) is 3. The van der Waals surface area contributed by atoms with Crippen molar-refractivity contribution in [3.05, 3.63) is 23.9 Å². The minimum atomic E-state index is -3.74. The zero-order valence-electron chi connectivity index (χ0n) is 7.25. The van der Waals surface area contributed by atoms with Crippen LogP contribution in [0.3, 0.4) is 0 Å². The average molecular weight is 224 g/mol. The summed E-state index contributed by atoms with van der Waals surface area (Å²) in [7, 11) is 1.27. The van der Waals surface area contributed by atoms with Crippen LogP contribution < -0.4 is 4.74 Å². The van der Waals surface area contributed by atoms with Gasteiger partial charge < -0.3 is 9.84 Å². The maximum atomic E-state index is 12.5. The van der Waals surface area contributed by atoms with E-state index in [0.717, 1.165) is 0 Å². The molecule has 0 saturated heterocycles. The summed E-state index contributed by atoms with van der Waals surface area (Å²) in [5, 5.41) is 5.43. The molecule has 0 aliphatic heterocycles. The molecular weight excluding hydrogens is 216 g/mol. The van der Waals surface area contributed by atoms with Gasteiger partial charge >= 0.3 is 5.38 Å². The summed E-state index contributed by atoms with van der Waals surface area (Å²) < 4.78 is 29.8. The largest absolute Gasteiger partial charge is 0.481 e. The van der Waals surface area contributed by atoms with Crippen LogP contribution in [-0.4, -0.2) is 22.6 Å². The summed E-state index contributed by atoms with van der Waals surface area (Å²) >= 11 is 4.68. The molecule has 14 heavy (non-hydrogen) atoms. The van der Waals surface area contributed by atoms with Gasteiger partial charge in [-0.2, -0.15) is 8.78 Å². The molecule has 78 valence electrons. The van der Waals surface area contributed by atoms with E-state index in [1.165, 1.54) is 25.4 Å². The number of alkyl halides is 3. The van der Waals surface area contributed by atoms with Gasteiger partial charge in [0.1, 0.15) is 0 Å². The van der Waals surface area contributed by atoms with Gasteiger partial charge in [-0.25, -0.2) is 4.98 Å². The van der Waals surface area contributed by atoms with Gasteiger partial charge in [-0.3, -0.25) is 0 Å². The van der Waals surface area contributed by atoms with Gasteiger partial charge in [-0.05, 0) is 23.7 Å². The van der Waals surface area contributed by atoms with Gasteiger partial charge in [0, 0.05) is 6.20 Å². The minimum Gasteiger partial charge on any atom is -0.481 e. The molecule has 0 fully saturated rings. The van der Waals surface area contributed by atoms with Crippen LogP contribution in [0.2, 0.25) is 0 Å². The van der Waals surface area contributed by atoms with Crippen molar-refractivity contribution in [2.75, 3.05) is 7.11 Å². The van der Waals surface area contributed by atoms with E-state index < -0.39 is 11.5 Å². The number of nitrogens with zero attached hydrogens (tertiary/aromatic N) is 1. The molecule has 0 aliphatic carbocycles. The van der Waals surface area contributed by atoms with Crippen molar-refractivity contribution in [2.45, 2.75) is 11.5 Å². The molecule has 0 radical (unpaired) electrons. The number of aliphatic hydroxyl groups excluding tert-OH is 1. The van der Waals surface area contributed by atoms with E-state index in [1.54, 1.807) is 0 Å². The van der Waals surface area contributed by atoms with Crippen LogP contribution >= 0.6 is 11.6 Å². The molecule has 1 atom stereocenters. The monoisotopic (exact) mass is 223 g/mol. The van der Waals surface area contributed by atoms with E-state index in [4.69, 9.17) is 9.84 Å². The van der Waals surface area contributed by atoms with Gasteiger partial charge in [-0.15, -0.1) is 0 Å². The zero-order valence-corrected chi connectivity index (χ0v) is 8.00. The lowest BCUT2D eigenvalue weighted by atomic mass is 10.1. The van der Waals surface area contributed by atoms with E-state index in [1.807, 2.05) is 0 Å². The quantitative estimate of drug-likeness (QED) is 0.797. The molecule has 1 aromatic rings. The summed E-state index contributed by atoms with van der Waals surface area (Å²) in [5.74, 6) is -0.0691. The Kier molecular flexibility index (Phi) is 3.23. The van der Waals surface area contributed by atoms with E-state index in [9.17, 15) is 8.78 Å². The number of aromatic nitrogens is 1. The Morgan fingerprint density at radius 2 is 2.29 bits per heavy atom. The Morgan fingerprint density at radius 3 is 2.79 bits per heavy atom. The number of rotatable bonds is 3. The van der Waals surface area contributed by atoms with E-state index in [2.05, 4.69) is 16.6 Å². The van der Waals surface area contributed by atoms with Gasteiger partial charge in [0.2, 0.25) is 5.88 Å². The van der Waals surface area contributed by atoms with Crippen molar-refractivity contribution in [3.63, 3.8) is 0 Å². The van der Waals surface area contributed by atoms with Crippen molar-refractivity contribution >= 4 is 11.6 Å². The highest BCUT2D eigenvalue weighted by molar-refractivity contribution is 6.22. The zero-order chi connectivity index (χ0) is 10.8. The van der Waals surface area contributed by atoms with Crippen LogP contribution in [0, 0.1) is 0 Å². The highest BCUT2D eigenvalue weighted by Crippen LogP contribution is 2.37. The fourth-order valence-electron chi connectivity index (χ4n) is 0.958. The number of halogens is 3. The van der Waals surface area contributed by atoms with Gasteiger partial charge in [-0.1, -0.05) is 0 Å². The van der Waals surface area contributed by atoms with Crippen molar-refractivity contribution < 1.29 is 18.6 Å². The Balaban J connectivity index is 3.06. The topological polar surface area (TPSA) is 42.4 Å². The molecule has 1 N–H and O–H groups in total. The van der Waals surface area contributed by atoms with Crippen LogP contribution in [0.4, 0.5) is 8.78 Å². The highest BCUT2D eigenvalue weighted by atomic mass is 35.5. The SMILES string of the molecule is COc1ncccc1C(O)C(F)(F)Cl. The van der Waals surface area contributed by atoms with Gasteiger partial charge in [0.25, 0.3) is 0 Å². The molecule has 1 heterocycles. The second kappa shape index (κ2) is 4.06. The first kappa shape index (κ1) is 11.1. The lowest BCUT2D eigenvalue weighted by Crippen LogP contribution is -2.19. The fraction of sp³-hybridized carbons (Fsp3) is 0.375. The maximum absolute atomic E-state index is 12.5. The molecule has 1 unspecified atom stereocenters. The number of ether oxygens (including phenoxy) is 1. The van der Waals surface area contributed by atoms with E-state index >= 15 is 0 Å². The Hall–Kier alpha value is -0.940. The van der Waals surface area contributed by atoms with Crippen molar-refractivity contribution in [1.29, 1.82) is 0 Å². The lowest BCUT2D eigenvalue weighted by molar-refractivity contribution is -0.0437. The first-order chi connectivity index (χ1) is 6.46. The normalized spacial score (nSPS) is 13.8. The predicted octanol–water partition coefficient (Wildman–Crippen LogP) is 1.96. The summed E-state index contributed by atoms with van der Waals surface area (Å²) in [6, 6.07) is 2.68. The highest BCUT2D eigenvalue weighted by Gasteiger charge is 2.38. The van der Waals surface area contributed by atoms with Crippen LogP contribution in [0.1, 0.15) is 11.7 Å². The number of aliphatic hydroxyl groups is 1. The summed E-state index contributed by atoms with van der Waals surface area (Å²) in [5.41, 5.74) is -0.144. The van der Waals surface area contributed by atoms with Crippen molar-refractivity contribution in [2.24, 2.45) is 0 Å². The molecule has 1 aromatic heterocycles. The Bertz CT molecular complexity index is 316. The Morgan fingerprint density at radius 1 is 1.64 bits per heavy atom. The molecule has 0 aromatic carbocycles. The maximum Gasteiger partial charge on any atom is 0.351 e. The number of methoxy groups -OCH3 is 1. The molecule has 0 saturated carbocycles. The molecular formula is C8H8ClF2NO2. The van der Waals surface area contributed by atoms with Gasteiger partial charge in [0.15, 0.2) is 6.10 Å². The molecule has 0 amide bonds. The summed E-state index contributed by atoms with van der Waals surface area (Å²) in [6.45, 7) is 0. The van der Waals surface area contributed by atoms with Gasteiger partial charge in [0.05, 0.1) is 12.7 Å². The third kappa shape index (κ3) is 2.30. The number of hydrogen-bond donors (Lipinski definition) is 1. The van der Waals surface area contributed by atoms with Crippen molar-refractivity contribution in [1.82, 2.24) is 4.98 Å². The lowest BCUT2D eigenvalue weighted by Gasteiger charge is -2.17. The number of pyridine rings is 1. The molecule has 0 aliphatic rings. The third-order valence-electron chi connectivity index (χ3n) is 1.60. The first-order valence-electron chi connectivity index (χ1n) is 3.70. The van der Waals surface area contributed by atoms with Crippen LogP contribution in [0.5, 0.6) is 5.88 Å². The fourth-order valence-corrected chi connectivity index (χ4v) is 1.08. The first-order valence-corrected chi connectivity index (χ1v) is 4.08. The molecule has 1 rings (SSSR count). The third-order valence-corrected chi connectivity index (χ3v) is 1.81. The van der Waals surface area contributed by atoms with Crippen LogP contribution in [0.15, 0.2) is 18.3 Å². The van der Waals surface area contributed by atoms with E-state index in [-0.39, 0.29) is 11.4 Å². The predicted molar refractivity (Wildman–Crippen MR) is 46.5 cm³/mol. The molecule has 3 nitrogen and oxygen atoms in total. The van der Waals surface area contributed by atoms with E-state index in [0.29, 0.717) is 0 Å². The molecule has 0 spiro atoms. The average Bonchev–Trinajstić information content (AvgIpc) is 2.15. The van der Waals surface area contributed by atoms with Crippen molar-refractivity contribution in [3.8, 4) is 5.88 Å². The summed E-state index contributed by atoms with van der Waals surface area (Å²) in [6.07, 6.45) is -0.769. The molecule has 0 bridgehead atoms. The summed E-state index contributed by atoms with van der Waals surface area (Å²) in [4.78, 5) is 3.66. The van der Waals surface area contributed by atoms with Crippen LogP contribution in [0.25, 0.3) is 0 Å².